The van der Waals surface area contributed by atoms with Gasteiger partial charge in [0, 0.05) is 6.07 Å². The summed E-state index contributed by atoms with van der Waals surface area (Å²) in [4.78, 5) is 30.9. The Balaban J connectivity index is 3.05. The summed E-state index contributed by atoms with van der Waals surface area (Å²) >= 11 is 0. The van der Waals surface area contributed by atoms with Crippen molar-refractivity contribution >= 4 is 17.9 Å². The number of carbonyl (C=O) groups excluding carboxylic acids is 1. The highest BCUT2D eigenvalue weighted by Crippen LogP contribution is 2.24. The summed E-state index contributed by atoms with van der Waals surface area (Å²) < 4.78 is 0. The van der Waals surface area contributed by atoms with Crippen LogP contribution in [-0.4, -0.2) is 38.6 Å². The zero-order chi connectivity index (χ0) is 14.6. The monoisotopic (exact) mass is 269 g/mol. The number of carbonyl (C=O) groups is 2. The van der Waals surface area contributed by atoms with Gasteiger partial charge in [0.2, 0.25) is 0 Å². The molecule has 1 aromatic rings. The summed E-state index contributed by atoms with van der Waals surface area (Å²) in [6.45, 7) is 0. The zero-order valence-corrected chi connectivity index (χ0v) is 9.59. The highest BCUT2D eigenvalue weighted by Gasteiger charge is 2.23. The van der Waals surface area contributed by atoms with Crippen molar-refractivity contribution in [2.24, 2.45) is 0 Å². The normalized spacial score (nSPS) is 13.6. The minimum absolute atomic E-state index is 0.0291. The Labute approximate surface area is 107 Å². The van der Waals surface area contributed by atoms with Gasteiger partial charge in [0.25, 0.3) is 5.69 Å². The fraction of sp³-hybridized carbons (Fsp3) is 0.273. The quantitative estimate of drug-likeness (QED) is 0.383. The first-order chi connectivity index (χ1) is 8.86. The van der Waals surface area contributed by atoms with Crippen LogP contribution in [0.25, 0.3) is 0 Å². The molecule has 0 aliphatic heterocycles. The third kappa shape index (κ3) is 3.57. The van der Waals surface area contributed by atoms with E-state index in [4.69, 9.17) is 5.11 Å². The molecule has 0 saturated carbocycles. The molecule has 0 radical (unpaired) electrons. The van der Waals surface area contributed by atoms with E-state index in [9.17, 15) is 29.9 Å². The van der Waals surface area contributed by atoms with E-state index in [2.05, 4.69) is 0 Å². The van der Waals surface area contributed by atoms with Crippen LogP contribution in [0.15, 0.2) is 18.2 Å². The van der Waals surface area contributed by atoms with Crippen LogP contribution in [0.3, 0.4) is 0 Å². The molecule has 0 heterocycles. The average molecular weight is 269 g/mol. The molecule has 0 aliphatic carbocycles. The van der Waals surface area contributed by atoms with Crippen LogP contribution in [0.2, 0.25) is 0 Å². The number of hydrogen-bond donors (Lipinski definition) is 3. The minimum atomic E-state index is -1.57. The number of rotatable bonds is 6. The highest BCUT2D eigenvalue weighted by molar-refractivity contribution is 5.81. The lowest BCUT2D eigenvalue weighted by molar-refractivity contribution is -0.385. The number of nitro benzene ring substituents is 1. The minimum Gasteiger partial charge on any atom is -0.481 e. The van der Waals surface area contributed by atoms with Gasteiger partial charge in [-0.05, 0) is 17.7 Å². The fourth-order valence-corrected chi connectivity index (χ4v) is 1.53. The van der Waals surface area contributed by atoms with Crippen LogP contribution < -0.4 is 0 Å². The number of carboxylic acid groups (broad SMARTS) is 1. The van der Waals surface area contributed by atoms with Gasteiger partial charge in [0.05, 0.1) is 23.0 Å². The standard InChI is InChI=1S/C11H11NO7/c13-5-7-3-6(1-2-8(7)12(18)19)11(17)9(14)4-10(15)16/h1-3,5,9,11,14,17H,4H2,(H,15,16). The summed E-state index contributed by atoms with van der Waals surface area (Å²) in [5.41, 5.74) is -0.663. The highest BCUT2D eigenvalue weighted by atomic mass is 16.6. The lowest BCUT2D eigenvalue weighted by Crippen LogP contribution is -2.21. The molecular weight excluding hydrogens is 258 g/mol. The molecule has 1 rings (SSSR count). The van der Waals surface area contributed by atoms with Gasteiger partial charge in [0.15, 0.2) is 6.29 Å². The number of aliphatic carboxylic acids is 1. The van der Waals surface area contributed by atoms with Crippen molar-refractivity contribution < 1.29 is 29.8 Å². The molecule has 3 N–H and O–H groups in total. The van der Waals surface area contributed by atoms with E-state index in [-0.39, 0.29) is 17.4 Å². The summed E-state index contributed by atoms with van der Waals surface area (Å²) in [7, 11) is 0. The van der Waals surface area contributed by atoms with Crippen molar-refractivity contribution in [1.29, 1.82) is 0 Å². The summed E-state index contributed by atoms with van der Waals surface area (Å²) in [6.07, 6.45) is -3.55. The number of nitrogens with zero attached hydrogens (tertiary/aromatic N) is 1. The molecule has 8 heteroatoms. The second-order valence-electron chi connectivity index (χ2n) is 3.80. The molecule has 0 bridgehead atoms. The van der Waals surface area contributed by atoms with Crippen molar-refractivity contribution in [1.82, 2.24) is 0 Å². The molecule has 1 aromatic carbocycles. The van der Waals surface area contributed by atoms with Crippen LogP contribution >= 0.6 is 0 Å². The van der Waals surface area contributed by atoms with Gasteiger partial charge in [-0.3, -0.25) is 19.7 Å². The van der Waals surface area contributed by atoms with Gasteiger partial charge >= 0.3 is 5.97 Å². The first kappa shape index (κ1) is 14.7. The number of benzene rings is 1. The SMILES string of the molecule is O=Cc1cc(C(O)C(O)CC(=O)O)ccc1[N+](=O)[O-]. The van der Waals surface area contributed by atoms with E-state index in [1.165, 1.54) is 0 Å². The van der Waals surface area contributed by atoms with E-state index in [0.29, 0.717) is 0 Å². The Hall–Kier alpha value is -2.32. The predicted molar refractivity (Wildman–Crippen MR) is 61.7 cm³/mol. The Bertz CT molecular complexity index is 514. The van der Waals surface area contributed by atoms with E-state index < -0.39 is 35.2 Å². The van der Waals surface area contributed by atoms with Crippen LogP contribution in [-0.2, 0) is 4.79 Å². The molecule has 0 saturated heterocycles. The van der Waals surface area contributed by atoms with Crippen LogP contribution in [0, 0.1) is 10.1 Å². The van der Waals surface area contributed by atoms with Crippen molar-refractivity contribution in [3.05, 3.63) is 39.4 Å². The Morgan fingerprint density at radius 3 is 2.53 bits per heavy atom. The van der Waals surface area contributed by atoms with Crippen molar-refractivity contribution in [2.75, 3.05) is 0 Å². The van der Waals surface area contributed by atoms with E-state index in [1.54, 1.807) is 0 Å². The predicted octanol–water partition coefficient (Wildman–Crippen LogP) is 0.276. The third-order valence-corrected chi connectivity index (χ3v) is 2.46. The van der Waals surface area contributed by atoms with Gasteiger partial charge < -0.3 is 15.3 Å². The van der Waals surface area contributed by atoms with Crippen LogP contribution in [0.5, 0.6) is 0 Å². The number of aldehydes is 1. The maximum Gasteiger partial charge on any atom is 0.306 e. The number of aliphatic hydroxyl groups is 2. The molecule has 0 amide bonds. The van der Waals surface area contributed by atoms with E-state index in [0.717, 1.165) is 18.2 Å². The van der Waals surface area contributed by atoms with Crippen LogP contribution in [0.4, 0.5) is 5.69 Å². The van der Waals surface area contributed by atoms with Crippen molar-refractivity contribution in [2.45, 2.75) is 18.6 Å². The zero-order valence-electron chi connectivity index (χ0n) is 9.59. The van der Waals surface area contributed by atoms with Gasteiger partial charge in [-0.15, -0.1) is 0 Å². The second kappa shape index (κ2) is 6.03. The Kier molecular flexibility index (Phi) is 4.67. The molecular formula is C11H11NO7. The topological polar surface area (TPSA) is 138 Å². The van der Waals surface area contributed by atoms with E-state index >= 15 is 0 Å². The number of hydrogen-bond acceptors (Lipinski definition) is 6. The third-order valence-electron chi connectivity index (χ3n) is 2.46. The molecule has 8 nitrogen and oxygen atoms in total. The Morgan fingerprint density at radius 2 is 2.05 bits per heavy atom. The summed E-state index contributed by atoms with van der Waals surface area (Å²) in [5, 5.41) is 38.2. The van der Waals surface area contributed by atoms with Crippen molar-refractivity contribution in [3.63, 3.8) is 0 Å². The first-order valence-electron chi connectivity index (χ1n) is 5.18. The number of carboxylic acids is 1. The summed E-state index contributed by atoms with van der Waals surface area (Å²) in [5.74, 6) is -1.30. The van der Waals surface area contributed by atoms with Gasteiger partial charge in [-0.2, -0.15) is 0 Å². The molecule has 0 aliphatic rings. The lowest BCUT2D eigenvalue weighted by atomic mass is 9.99. The van der Waals surface area contributed by atoms with Crippen LogP contribution in [0.1, 0.15) is 28.4 Å². The number of aliphatic hydroxyl groups excluding tert-OH is 2. The fourth-order valence-electron chi connectivity index (χ4n) is 1.53. The average Bonchev–Trinajstić information content (AvgIpc) is 2.36. The Morgan fingerprint density at radius 1 is 1.42 bits per heavy atom. The molecule has 2 unspecified atom stereocenters. The van der Waals surface area contributed by atoms with Gasteiger partial charge in [-0.1, -0.05) is 0 Å². The largest absolute Gasteiger partial charge is 0.481 e. The van der Waals surface area contributed by atoms with Crippen molar-refractivity contribution in [3.8, 4) is 0 Å². The first-order valence-corrected chi connectivity index (χ1v) is 5.18. The van der Waals surface area contributed by atoms with Gasteiger partial charge in [-0.25, -0.2) is 0 Å². The van der Waals surface area contributed by atoms with E-state index in [1.807, 2.05) is 0 Å². The lowest BCUT2D eigenvalue weighted by Gasteiger charge is -2.16. The molecule has 0 spiro atoms. The molecule has 2 atom stereocenters. The van der Waals surface area contributed by atoms with Gasteiger partial charge in [0.1, 0.15) is 6.10 Å². The smallest absolute Gasteiger partial charge is 0.306 e. The number of nitro groups is 1. The second-order valence-corrected chi connectivity index (χ2v) is 3.80. The molecule has 102 valence electrons. The summed E-state index contributed by atoms with van der Waals surface area (Å²) in [6, 6.07) is 3.21. The molecule has 0 fully saturated rings. The maximum absolute atomic E-state index is 10.7. The maximum atomic E-state index is 10.7. The molecule has 19 heavy (non-hydrogen) atoms. The molecule has 0 aromatic heterocycles.